The number of nitrogens with one attached hydrogen (secondary N) is 2. The van der Waals surface area contributed by atoms with Crippen LogP contribution in [0.1, 0.15) is 15.2 Å². The predicted octanol–water partition coefficient (Wildman–Crippen LogP) is 2.19. The minimum Gasteiger partial charge on any atom is -0.398 e. The fourth-order valence-electron chi connectivity index (χ4n) is 1.56. The Hall–Kier alpha value is -1.99. The van der Waals surface area contributed by atoms with Crippen LogP contribution in [-0.2, 0) is 4.79 Å². The van der Waals surface area contributed by atoms with Gasteiger partial charge in [-0.1, -0.05) is 12.1 Å². The molecule has 0 fully saturated rings. The largest absolute Gasteiger partial charge is 0.398 e. The number of thioether (sulfide) groups is 1. The molecule has 7 heteroatoms. The second-order valence-electron chi connectivity index (χ2n) is 4.24. The number of hydrogen-bond acceptors (Lipinski definition) is 5. The SMILES string of the molecule is Cc1c(N)cccc1SCC(=O)NNC(=O)c1cccs1. The van der Waals surface area contributed by atoms with E-state index in [1.807, 2.05) is 25.1 Å². The lowest BCUT2D eigenvalue weighted by Gasteiger charge is -2.09. The summed E-state index contributed by atoms with van der Waals surface area (Å²) in [5.74, 6) is -0.384. The molecule has 0 saturated heterocycles. The van der Waals surface area contributed by atoms with E-state index < -0.39 is 0 Å². The number of carbonyl (C=O) groups excluding carboxylic acids is 2. The van der Waals surface area contributed by atoms with E-state index in [1.54, 1.807) is 17.5 Å². The van der Waals surface area contributed by atoms with Gasteiger partial charge in [0, 0.05) is 10.6 Å². The number of amides is 2. The molecular weight excluding hydrogens is 306 g/mol. The van der Waals surface area contributed by atoms with E-state index in [2.05, 4.69) is 10.9 Å². The van der Waals surface area contributed by atoms with Gasteiger partial charge < -0.3 is 5.73 Å². The Kier molecular flexibility index (Phi) is 5.24. The first-order valence-electron chi connectivity index (χ1n) is 6.18. The van der Waals surface area contributed by atoms with Crippen LogP contribution in [0.5, 0.6) is 0 Å². The van der Waals surface area contributed by atoms with Crippen LogP contribution in [0.15, 0.2) is 40.6 Å². The lowest BCUT2D eigenvalue weighted by Crippen LogP contribution is -2.42. The molecule has 0 spiro atoms. The Labute approximate surface area is 130 Å². The molecule has 0 bridgehead atoms. The molecule has 0 atom stereocenters. The van der Waals surface area contributed by atoms with Crippen LogP contribution in [-0.4, -0.2) is 17.6 Å². The van der Waals surface area contributed by atoms with Gasteiger partial charge in [-0.25, -0.2) is 0 Å². The number of nitrogens with two attached hydrogens (primary N) is 1. The molecule has 1 aromatic carbocycles. The zero-order valence-electron chi connectivity index (χ0n) is 11.4. The average Bonchev–Trinajstić information content (AvgIpc) is 3.00. The number of hydrazine groups is 1. The third-order valence-corrected chi connectivity index (χ3v) is 4.77. The molecule has 110 valence electrons. The van der Waals surface area contributed by atoms with E-state index in [1.165, 1.54) is 23.1 Å². The summed E-state index contributed by atoms with van der Waals surface area (Å²) in [7, 11) is 0. The predicted molar refractivity (Wildman–Crippen MR) is 86.2 cm³/mol. The van der Waals surface area contributed by atoms with Gasteiger partial charge in [-0.05, 0) is 36.1 Å². The third kappa shape index (κ3) is 4.24. The van der Waals surface area contributed by atoms with Crippen molar-refractivity contribution in [2.24, 2.45) is 0 Å². The molecule has 2 amide bonds. The molecule has 0 aliphatic rings. The Morgan fingerprint density at radius 2 is 2.05 bits per heavy atom. The van der Waals surface area contributed by atoms with Crippen LogP contribution in [0.25, 0.3) is 0 Å². The van der Waals surface area contributed by atoms with Gasteiger partial charge in [-0.15, -0.1) is 23.1 Å². The molecule has 5 nitrogen and oxygen atoms in total. The Morgan fingerprint density at radius 3 is 2.76 bits per heavy atom. The summed E-state index contributed by atoms with van der Waals surface area (Å²) in [5.41, 5.74) is 12.2. The normalized spacial score (nSPS) is 10.1. The van der Waals surface area contributed by atoms with Crippen molar-refractivity contribution in [3.63, 3.8) is 0 Å². The zero-order chi connectivity index (χ0) is 15.2. The zero-order valence-corrected chi connectivity index (χ0v) is 13.0. The van der Waals surface area contributed by atoms with E-state index in [4.69, 9.17) is 5.73 Å². The van der Waals surface area contributed by atoms with E-state index in [9.17, 15) is 9.59 Å². The standard InChI is InChI=1S/C14H15N3O2S2/c1-9-10(15)4-2-5-11(9)21-8-13(18)16-17-14(19)12-6-3-7-20-12/h2-7H,8,15H2,1H3,(H,16,18)(H,17,19). The quantitative estimate of drug-likeness (QED) is 0.458. The smallest absolute Gasteiger partial charge is 0.279 e. The Morgan fingerprint density at radius 1 is 1.24 bits per heavy atom. The van der Waals surface area contributed by atoms with Gasteiger partial charge in [-0.2, -0.15) is 0 Å². The lowest BCUT2D eigenvalue weighted by molar-refractivity contribution is -0.119. The van der Waals surface area contributed by atoms with Gasteiger partial charge >= 0.3 is 0 Å². The fraction of sp³-hybridized carbons (Fsp3) is 0.143. The minimum atomic E-state index is -0.316. The highest BCUT2D eigenvalue weighted by atomic mass is 32.2. The molecule has 1 aromatic heterocycles. The average molecular weight is 321 g/mol. The first-order chi connectivity index (χ1) is 10.1. The number of hydrogen-bond donors (Lipinski definition) is 3. The Bertz CT molecular complexity index is 642. The van der Waals surface area contributed by atoms with E-state index >= 15 is 0 Å². The van der Waals surface area contributed by atoms with Crippen molar-refractivity contribution in [3.05, 3.63) is 46.2 Å². The van der Waals surface area contributed by atoms with E-state index in [0.29, 0.717) is 10.6 Å². The molecule has 0 aliphatic heterocycles. The minimum absolute atomic E-state index is 0.203. The number of carbonyl (C=O) groups is 2. The highest BCUT2D eigenvalue weighted by molar-refractivity contribution is 8.00. The first-order valence-corrected chi connectivity index (χ1v) is 8.05. The fourth-order valence-corrected chi connectivity index (χ4v) is 3.05. The van der Waals surface area contributed by atoms with Gasteiger partial charge in [0.05, 0.1) is 10.6 Å². The molecule has 0 aliphatic carbocycles. The summed E-state index contributed by atoms with van der Waals surface area (Å²) in [6.45, 7) is 1.91. The van der Waals surface area contributed by atoms with E-state index in [-0.39, 0.29) is 17.6 Å². The van der Waals surface area contributed by atoms with Crippen molar-refractivity contribution >= 4 is 40.6 Å². The van der Waals surface area contributed by atoms with Gasteiger partial charge in [0.15, 0.2) is 0 Å². The summed E-state index contributed by atoms with van der Waals surface area (Å²) in [5, 5.41) is 1.80. The maximum absolute atomic E-state index is 11.7. The molecule has 0 saturated carbocycles. The van der Waals surface area contributed by atoms with Crippen molar-refractivity contribution in [1.29, 1.82) is 0 Å². The topological polar surface area (TPSA) is 84.2 Å². The summed E-state index contributed by atoms with van der Waals surface area (Å²) in [6.07, 6.45) is 0. The van der Waals surface area contributed by atoms with Crippen LogP contribution in [0.3, 0.4) is 0 Å². The van der Waals surface area contributed by atoms with Crippen molar-refractivity contribution < 1.29 is 9.59 Å². The number of thiophene rings is 1. The number of nitrogen functional groups attached to an aromatic ring is 1. The van der Waals surface area contributed by atoms with Crippen LogP contribution in [0.2, 0.25) is 0 Å². The van der Waals surface area contributed by atoms with Crippen LogP contribution >= 0.6 is 23.1 Å². The second kappa shape index (κ2) is 7.14. The molecular formula is C14H15N3O2S2. The lowest BCUT2D eigenvalue weighted by atomic mass is 10.2. The summed E-state index contributed by atoms with van der Waals surface area (Å²) in [4.78, 5) is 24.9. The summed E-state index contributed by atoms with van der Waals surface area (Å²) >= 11 is 2.69. The maximum atomic E-state index is 11.7. The molecule has 2 rings (SSSR count). The molecule has 0 radical (unpaired) electrons. The number of anilines is 1. The van der Waals surface area contributed by atoms with Gasteiger partial charge in [-0.3, -0.25) is 20.4 Å². The third-order valence-electron chi connectivity index (χ3n) is 2.75. The first kappa shape index (κ1) is 15.4. The van der Waals surface area contributed by atoms with Crippen molar-refractivity contribution in [2.45, 2.75) is 11.8 Å². The van der Waals surface area contributed by atoms with Gasteiger partial charge in [0.25, 0.3) is 5.91 Å². The second-order valence-corrected chi connectivity index (χ2v) is 6.20. The van der Waals surface area contributed by atoms with Gasteiger partial charge in [0.1, 0.15) is 0 Å². The van der Waals surface area contributed by atoms with Crippen LogP contribution in [0.4, 0.5) is 5.69 Å². The summed E-state index contributed by atoms with van der Waals surface area (Å²) < 4.78 is 0. The van der Waals surface area contributed by atoms with Gasteiger partial charge in [0.2, 0.25) is 5.91 Å². The van der Waals surface area contributed by atoms with E-state index in [0.717, 1.165) is 10.5 Å². The molecule has 4 N–H and O–H groups in total. The molecule has 21 heavy (non-hydrogen) atoms. The van der Waals surface area contributed by atoms with Crippen molar-refractivity contribution in [1.82, 2.24) is 10.9 Å². The van der Waals surface area contributed by atoms with Crippen molar-refractivity contribution in [3.8, 4) is 0 Å². The monoisotopic (exact) mass is 321 g/mol. The molecule has 0 unspecified atom stereocenters. The maximum Gasteiger partial charge on any atom is 0.279 e. The van der Waals surface area contributed by atoms with Crippen molar-refractivity contribution in [2.75, 3.05) is 11.5 Å². The molecule has 1 heterocycles. The Balaban J connectivity index is 1.80. The highest BCUT2D eigenvalue weighted by Gasteiger charge is 2.09. The number of benzene rings is 1. The number of rotatable bonds is 4. The highest BCUT2D eigenvalue weighted by Crippen LogP contribution is 2.25. The summed E-state index contributed by atoms with van der Waals surface area (Å²) in [6, 6.07) is 9.05. The van der Waals surface area contributed by atoms with Crippen LogP contribution < -0.4 is 16.6 Å². The molecule has 2 aromatic rings. The van der Waals surface area contributed by atoms with Crippen LogP contribution in [0, 0.1) is 6.92 Å².